The molecule has 0 amide bonds. The first kappa shape index (κ1) is 14.8. The third-order valence-electron chi connectivity index (χ3n) is 2.28. The second-order valence-corrected chi connectivity index (χ2v) is 3.87. The lowest BCUT2D eigenvalue weighted by molar-refractivity contribution is -0.694. The largest absolute Gasteiger partial charge is 1.00 e. The molecule has 0 saturated carbocycles. The van der Waals surface area contributed by atoms with Crippen LogP contribution >= 0.6 is 11.6 Å². The molecule has 0 aliphatic carbocycles. The zero-order valence-electron chi connectivity index (χ0n) is 8.96. The van der Waals surface area contributed by atoms with Gasteiger partial charge in [-0.2, -0.15) is 4.57 Å². The topological polar surface area (TPSA) is 3.88 Å². The third-order valence-corrected chi connectivity index (χ3v) is 2.76. The SMILES string of the molecule is Fc1cc([C@@H](Cl)[n+]2ccccc2)cc(F)c1F.[Cl-]. The summed E-state index contributed by atoms with van der Waals surface area (Å²) in [6, 6.07) is 7.01. The van der Waals surface area contributed by atoms with Crippen LogP contribution in [0.2, 0.25) is 0 Å². The first-order valence-electron chi connectivity index (χ1n) is 4.84. The molecule has 0 aliphatic rings. The number of hydrogen-bond donors (Lipinski definition) is 0. The number of benzene rings is 1. The van der Waals surface area contributed by atoms with Crippen molar-refractivity contribution in [3.8, 4) is 0 Å². The number of rotatable bonds is 2. The van der Waals surface area contributed by atoms with Gasteiger partial charge in [-0.1, -0.05) is 6.07 Å². The van der Waals surface area contributed by atoms with Gasteiger partial charge in [-0.05, 0) is 23.7 Å². The van der Waals surface area contributed by atoms with E-state index in [0.29, 0.717) is 0 Å². The minimum atomic E-state index is -1.49. The summed E-state index contributed by atoms with van der Waals surface area (Å²) in [6.45, 7) is 0. The summed E-state index contributed by atoms with van der Waals surface area (Å²) >= 11 is 6.04. The van der Waals surface area contributed by atoms with Gasteiger partial charge >= 0.3 is 0 Å². The molecule has 1 aromatic heterocycles. The van der Waals surface area contributed by atoms with Crippen LogP contribution in [-0.4, -0.2) is 0 Å². The highest BCUT2D eigenvalue weighted by Crippen LogP contribution is 2.21. The monoisotopic (exact) mass is 293 g/mol. The highest BCUT2D eigenvalue weighted by molar-refractivity contribution is 6.19. The van der Waals surface area contributed by atoms with Crippen LogP contribution in [0.3, 0.4) is 0 Å². The first-order valence-corrected chi connectivity index (χ1v) is 5.27. The third kappa shape index (κ3) is 2.94. The fraction of sp³-hybridized carbons (Fsp3) is 0.0833. The Balaban J connectivity index is 0.00000162. The Kier molecular flexibility index (Phi) is 4.99. The molecule has 0 bridgehead atoms. The lowest BCUT2D eigenvalue weighted by Gasteiger charge is -2.06. The van der Waals surface area contributed by atoms with Crippen LogP contribution in [0.15, 0.2) is 42.7 Å². The molecule has 2 rings (SSSR count). The number of nitrogens with zero attached hydrogens (tertiary/aromatic N) is 1. The Morgan fingerprint density at radius 3 is 1.94 bits per heavy atom. The number of aromatic nitrogens is 1. The predicted molar refractivity (Wildman–Crippen MR) is 56.9 cm³/mol. The van der Waals surface area contributed by atoms with Crippen molar-refractivity contribution in [2.24, 2.45) is 0 Å². The number of pyridine rings is 1. The van der Waals surface area contributed by atoms with E-state index in [4.69, 9.17) is 11.6 Å². The molecule has 6 heteroatoms. The quantitative estimate of drug-likeness (QED) is 0.423. The molecular weight excluding hydrogens is 286 g/mol. The van der Waals surface area contributed by atoms with Gasteiger partial charge < -0.3 is 12.4 Å². The molecule has 0 N–H and O–H groups in total. The molecule has 0 unspecified atom stereocenters. The van der Waals surface area contributed by atoms with Gasteiger partial charge in [-0.3, -0.25) is 0 Å². The maximum absolute atomic E-state index is 13.0. The summed E-state index contributed by atoms with van der Waals surface area (Å²) in [4.78, 5) is 0. The van der Waals surface area contributed by atoms with Crippen molar-refractivity contribution < 1.29 is 30.1 Å². The second kappa shape index (κ2) is 6.07. The minimum absolute atomic E-state index is 0. The molecule has 1 atom stereocenters. The molecule has 1 heterocycles. The zero-order chi connectivity index (χ0) is 12.4. The van der Waals surface area contributed by atoms with Crippen LogP contribution in [-0.2, 0) is 0 Å². The first-order chi connectivity index (χ1) is 8.09. The van der Waals surface area contributed by atoms with E-state index in [2.05, 4.69) is 0 Å². The molecule has 18 heavy (non-hydrogen) atoms. The van der Waals surface area contributed by atoms with E-state index in [1.165, 1.54) is 0 Å². The van der Waals surface area contributed by atoms with Gasteiger partial charge in [-0.15, -0.1) is 0 Å². The number of hydrogen-bond acceptors (Lipinski definition) is 0. The maximum Gasteiger partial charge on any atom is 0.258 e. The molecule has 0 aliphatic heterocycles. The van der Waals surface area contributed by atoms with Crippen LogP contribution in [0, 0.1) is 17.5 Å². The molecule has 1 nitrogen and oxygen atoms in total. The smallest absolute Gasteiger partial charge is 0.258 e. The van der Waals surface area contributed by atoms with Gasteiger partial charge in [0.1, 0.15) is 0 Å². The van der Waals surface area contributed by atoms with E-state index in [9.17, 15) is 13.2 Å². The molecule has 0 saturated heterocycles. The van der Waals surface area contributed by atoms with Crippen molar-refractivity contribution in [1.29, 1.82) is 0 Å². The Morgan fingerprint density at radius 2 is 1.44 bits per heavy atom. The number of alkyl halides is 1. The van der Waals surface area contributed by atoms with E-state index in [0.717, 1.165) is 12.1 Å². The van der Waals surface area contributed by atoms with Crippen molar-refractivity contribution in [3.05, 3.63) is 65.7 Å². The molecule has 96 valence electrons. The van der Waals surface area contributed by atoms with Gasteiger partial charge in [0, 0.05) is 17.7 Å². The average Bonchev–Trinajstić information content (AvgIpc) is 2.35. The number of halogens is 5. The van der Waals surface area contributed by atoms with Gasteiger partial charge in [0.05, 0.1) is 0 Å². The van der Waals surface area contributed by atoms with Crippen molar-refractivity contribution in [3.63, 3.8) is 0 Å². The fourth-order valence-corrected chi connectivity index (χ4v) is 1.70. The van der Waals surface area contributed by atoms with Crippen LogP contribution in [0.5, 0.6) is 0 Å². The van der Waals surface area contributed by atoms with Gasteiger partial charge in [0.25, 0.3) is 5.50 Å². The highest BCUT2D eigenvalue weighted by atomic mass is 35.5. The van der Waals surface area contributed by atoms with Crippen molar-refractivity contribution in [2.75, 3.05) is 0 Å². The lowest BCUT2D eigenvalue weighted by atomic mass is 10.2. The van der Waals surface area contributed by atoms with Crippen molar-refractivity contribution in [2.45, 2.75) is 5.50 Å². The van der Waals surface area contributed by atoms with Gasteiger partial charge in [0.15, 0.2) is 29.8 Å². The lowest BCUT2D eigenvalue weighted by Crippen LogP contribution is -3.00. The Hall–Kier alpha value is -1.26. The van der Waals surface area contributed by atoms with Crippen LogP contribution in [0.25, 0.3) is 0 Å². The van der Waals surface area contributed by atoms with Crippen LogP contribution in [0.1, 0.15) is 11.1 Å². The maximum atomic E-state index is 13.0. The molecule has 0 fully saturated rings. The van der Waals surface area contributed by atoms with E-state index >= 15 is 0 Å². The fourth-order valence-electron chi connectivity index (χ4n) is 1.45. The molecule has 2 aromatic rings. The van der Waals surface area contributed by atoms with Gasteiger partial charge in [-0.25, -0.2) is 13.2 Å². The predicted octanol–water partition coefficient (Wildman–Crippen LogP) is 0.181. The standard InChI is InChI=1S/C12H8ClF3N.ClH/c13-12(17-4-2-1-3-5-17)8-6-9(14)11(16)10(15)7-8;/h1-7,12H;1H/q+1;/p-1/t12-;/m0./s1. The zero-order valence-corrected chi connectivity index (χ0v) is 10.5. The van der Waals surface area contributed by atoms with E-state index in [-0.39, 0.29) is 18.0 Å². The Bertz CT molecular complexity index is 511. The Labute approximate surface area is 113 Å². The van der Waals surface area contributed by atoms with E-state index < -0.39 is 23.0 Å². The summed E-state index contributed by atoms with van der Waals surface area (Å²) in [5.74, 6) is -3.99. The second-order valence-electron chi connectivity index (χ2n) is 3.46. The molecule has 1 aromatic carbocycles. The van der Waals surface area contributed by atoms with Gasteiger partial charge in [0.2, 0.25) is 0 Å². The summed E-state index contributed by atoms with van der Waals surface area (Å²) in [5, 5.41) is 0. The van der Waals surface area contributed by atoms with Crippen LogP contribution in [0.4, 0.5) is 13.2 Å². The normalized spacial score (nSPS) is 11.8. The van der Waals surface area contributed by atoms with E-state index in [1.54, 1.807) is 35.2 Å². The van der Waals surface area contributed by atoms with E-state index in [1.807, 2.05) is 0 Å². The van der Waals surface area contributed by atoms with Crippen molar-refractivity contribution in [1.82, 2.24) is 0 Å². The molecule has 0 spiro atoms. The Morgan fingerprint density at radius 1 is 0.944 bits per heavy atom. The minimum Gasteiger partial charge on any atom is -1.00 e. The highest BCUT2D eigenvalue weighted by Gasteiger charge is 2.21. The van der Waals surface area contributed by atoms with Crippen LogP contribution < -0.4 is 17.0 Å². The summed E-state index contributed by atoms with van der Waals surface area (Å²) in [5.41, 5.74) is -0.639. The average molecular weight is 294 g/mol. The molecule has 0 radical (unpaired) electrons. The summed E-state index contributed by atoms with van der Waals surface area (Å²) in [7, 11) is 0. The summed E-state index contributed by atoms with van der Waals surface area (Å²) in [6.07, 6.45) is 3.30. The summed E-state index contributed by atoms with van der Waals surface area (Å²) < 4.78 is 40.4. The van der Waals surface area contributed by atoms with Crippen molar-refractivity contribution >= 4 is 11.6 Å². The molecular formula is C12H8Cl2F3N.